The first-order valence-corrected chi connectivity index (χ1v) is 6.65. The van der Waals surface area contributed by atoms with Crippen LogP contribution in [-0.2, 0) is 10.5 Å². The maximum Gasteiger partial charge on any atom is 0.237 e. The quantitative estimate of drug-likeness (QED) is 0.900. The fourth-order valence-corrected chi connectivity index (χ4v) is 2.15. The summed E-state index contributed by atoms with van der Waals surface area (Å²) >= 11 is 1.54. The van der Waals surface area contributed by atoms with Crippen molar-refractivity contribution in [1.82, 2.24) is 4.98 Å². The number of furan rings is 1. The minimum absolute atomic E-state index is 0.0160. The number of pyridine rings is 1. The molecule has 1 N–H and O–H groups in total. The van der Waals surface area contributed by atoms with E-state index in [1.54, 1.807) is 42.6 Å². The van der Waals surface area contributed by atoms with Crippen LogP contribution in [0.1, 0.15) is 12.7 Å². The maximum atomic E-state index is 11.9. The molecule has 0 aliphatic heterocycles. The Kier molecular flexibility index (Phi) is 4.41. The second-order valence-corrected chi connectivity index (χ2v) is 5.09. The third-order valence-electron chi connectivity index (χ3n) is 2.37. The average molecular weight is 262 g/mol. The Morgan fingerprint density at radius 1 is 1.44 bits per heavy atom. The minimum atomic E-state index is -0.136. The first-order valence-electron chi connectivity index (χ1n) is 5.60. The van der Waals surface area contributed by atoms with Crippen LogP contribution < -0.4 is 5.32 Å². The maximum absolute atomic E-state index is 11.9. The number of aromatic nitrogens is 1. The number of hydrogen-bond donors (Lipinski definition) is 1. The van der Waals surface area contributed by atoms with Crippen LogP contribution in [0.3, 0.4) is 0 Å². The van der Waals surface area contributed by atoms with E-state index in [-0.39, 0.29) is 11.2 Å². The van der Waals surface area contributed by atoms with Crippen molar-refractivity contribution in [1.29, 1.82) is 0 Å². The molecule has 0 spiro atoms. The van der Waals surface area contributed by atoms with Gasteiger partial charge in [-0.1, -0.05) is 0 Å². The van der Waals surface area contributed by atoms with Crippen LogP contribution in [0.25, 0.3) is 0 Å². The van der Waals surface area contributed by atoms with Gasteiger partial charge in [0.2, 0.25) is 5.91 Å². The van der Waals surface area contributed by atoms with Gasteiger partial charge in [0.15, 0.2) is 0 Å². The van der Waals surface area contributed by atoms with E-state index in [1.165, 1.54) is 0 Å². The highest BCUT2D eigenvalue weighted by Gasteiger charge is 2.14. The fraction of sp³-hybridized carbons (Fsp3) is 0.231. The van der Waals surface area contributed by atoms with E-state index in [0.29, 0.717) is 5.75 Å². The van der Waals surface area contributed by atoms with Crippen LogP contribution in [0.15, 0.2) is 47.3 Å². The standard InChI is InChI=1S/C13H14N2O2S/c1-10(18-9-12-3-2-8-17-12)13(16)15-11-4-6-14-7-5-11/h2-8,10H,9H2,1H3,(H,14,15,16). The Bertz CT molecular complexity index is 485. The number of carbonyl (C=O) groups is 1. The van der Waals surface area contributed by atoms with Gasteiger partial charge in [-0.15, -0.1) is 11.8 Å². The molecule has 18 heavy (non-hydrogen) atoms. The summed E-state index contributed by atoms with van der Waals surface area (Å²) in [6.07, 6.45) is 4.93. The third kappa shape index (κ3) is 3.63. The van der Waals surface area contributed by atoms with Crippen molar-refractivity contribution < 1.29 is 9.21 Å². The van der Waals surface area contributed by atoms with Crippen molar-refractivity contribution in [2.45, 2.75) is 17.9 Å². The summed E-state index contributed by atoms with van der Waals surface area (Å²) in [5.74, 6) is 1.55. The lowest BCUT2D eigenvalue weighted by Gasteiger charge is -2.10. The van der Waals surface area contributed by atoms with E-state index < -0.39 is 0 Å². The molecule has 0 aromatic carbocycles. The third-order valence-corrected chi connectivity index (χ3v) is 3.54. The number of anilines is 1. The molecule has 4 nitrogen and oxygen atoms in total. The lowest BCUT2D eigenvalue weighted by Crippen LogP contribution is -2.22. The van der Waals surface area contributed by atoms with Crippen LogP contribution in [0.5, 0.6) is 0 Å². The first kappa shape index (κ1) is 12.7. The van der Waals surface area contributed by atoms with Gasteiger partial charge in [-0.05, 0) is 31.2 Å². The zero-order chi connectivity index (χ0) is 12.8. The molecule has 94 valence electrons. The minimum Gasteiger partial charge on any atom is -0.468 e. The van der Waals surface area contributed by atoms with Crippen molar-refractivity contribution in [3.63, 3.8) is 0 Å². The highest BCUT2D eigenvalue weighted by molar-refractivity contribution is 7.99. The second kappa shape index (κ2) is 6.26. The van der Waals surface area contributed by atoms with E-state index in [9.17, 15) is 4.79 Å². The van der Waals surface area contributed by atoms with Crippen molar-refractivity contribution in [2.75, 3.05) is 5.32 Å². The Morgan fingerprint density at radius 2 is 2.22 bits per heavy atom. The van der Waals surface area contributed by atoms with E-state index >= 15 is 0 Å². The molecule has 2 heterocycles. The molecule has 2 aromatic rings. The van der Waals surface area contributed by atoms with Crippen molar-refractivity contribution in [2.24, 2.45) is 0 Å². The lowest BCUT2D eigenvalue weighted by atomic mass is 10.3. The molecular formula is C13H14N2O2S. The number of hydrogen-bond acceptors (Lipinski definition) is 4. The molecule has 0 aliphatic rings. The molecular weight excluding hydrogens is 248 g/mol. The molecule has 5 heteroatoms. The van der Waals surface area contributed by atoms with Gasteiger partial charge in [0.1, 0.15) is 5.76 Å². The number of thioether (sulfide) groups is 1. The summed E-state index contributed by atoms with van der Waals surface area (Å²) in [6, 6.07) is 7.28. The van der Waals surface area contributed by atoms with E-state index in [1.807, 2.05) is 19.1 Å². The number of carbonyl (C=O) groups excluding carboxylic acids is 1. The Balaban J connectivity index is 1.82. The summed E-state index contributed by atoms with van der Waals surface area (Å²) in [5, 5.41) is 2.71. The van der Waals surface area contributed by atoms with Gasteiger partial charge >= 0.3 is 0 Å². The van der Waals surface area contributed by atoms with Gasteiger partial charge in [-0.3, -0.25) is 9.78 Å². The predicted molar refractivity (Wildman–Crippen MR) is 72.3 cm³/mol. The summed E-state index contributed by atoms with van der Waals surface area (Å²) in [5.41, 5.74) is 0.764. The number of nitrogens with zero attached hydrogens (tertiary/aromatic N) is 1. The Morgan fingerprint density at radius 3 is 2.89 bits per heavy atom. The predicted octanol–water partition coefficient (Wildman–Crippen LogP) is 2.94. The molecule has 2 rings (SSSR count). The Hall–Kier alpha value is -1.75. The summed E-state index contributed by atoms with van der Waals surface area (Å²) < 4.78 is 5.22. The molecule has 1 amide bonds. The largest absolute Gasteiger partial charge is 0.468 e. The summed E-state index contributed by atoms with van der Waals surface area (Å²) in [7, 11) is 0. The smallest absolute Gasteiger partial charge is 0.237 e. The molecule has 1 unspecified atom stereocenters. The van der Waals surface area contributed by atoms with Gasteiger partial charge in [0.25, 0.3) is 0 Å². The van der Waals surface area contributed by atoms with Crippen molar-refractivity contribution in [3.05, 3.63) is 48.7 Å². The molecule has 0 fully saturated rings. The number of rotatable bonds is 5. The van der Waals surface area contributed by atoms with Crippen LogP contribution >= 0.6 is 11.8 Å². The molecule has 0 saturated heterocycles. The lowest BCUT2D eigenvalue weighted by molar-refractivity contribution is -0.115. The number of nitrogens with one attached hydrogen (secondary N) is 1. The molecule has 1 atom stereocenters. The van der Waals surface area contributed by atoms with Crippen molar-refractivity contribution in [3.8, 4) is 0 Å². The van der Waals surface area contributed by atoms with Gasteiger partial charge in [-0.2, -0.15) is 0 Å². The normalized spacial score (nSPS) is 12.1. The van der Waals surface area contributed by atoms with Gasteiger partial charge in [-0.25, -0.2) is 0 Å². The highest BCUT2D eigenvalue weighted by atomic mass is 32.2. The zero-order valence-electron chi connectivity index (χ0n) is 10.00. The SMILES string of the molecule is CC(SCc1ccco1)C(=O)Nc1ccncc1. The van der Waals surface area contributed by atoms with E-state index in [0.717, 1.165) is 11.4 Å². The first-order chi connectivity index (χ1) is 8.75. The molecule has 0 aliphatic carbocycles. The van der Waals surface area contributed by atoms with Gasteiger partial charge in [0.05, 0.1) is 17.3 Å². The molecule has 0 radical (unpaired) electrons. The summed E-state index contributed by atoms with van der Waals surface area (Å²) in [4.78, 5) is 15.8. The van der Waals surface area contributed by atoms with Crippen molar-refractivity contribution >= 4 is 23.4 Å². The highest BCUT2D eigenvalue weighted by Crippen LogP contribution is 2.19. The molecule has 2 aromatic heterocycles. The topological polar surface area (TPSA) is 55.1 Å². The monoisotopic (exact) mass is 262 g/mol. The second-order valence-electron chi connectivity index (χ2n) is 3.76. The fourth-order valence-electron chi connectivity index (χ4n) is 1.36. The summed E-state index contributed by atoms with van der Waals surface area (Å²) in [6.45, 7) is 1.88. The van der Waals surface area contributed by atoms with Crippen LogP contribution in [-0.4, -0.2) is 16.1 Å². The molecule has 0 bridgehead atoms. The van der Waals surface area contributed by atoms with E-state index in [4.69, 9.17) is 4.42 Å². The van der Waals surface area contributed by atoms with Crippen LogP contribution in [0.4, 0.5) is 5.69 Å². The number of amides is 1. The van der Waals surface area contributed by atoms with Crippen LogP contribution in [0.2, 0.25) is 0 Å². The van der Waals surface area contributed by atoms with Crippen LogP contribution in [0, 0.1) is 0 Å². The average Bonchev–Trinajstić information content (AvgIpc) is 2.90. The van der Waals surface area contributed by atoms with Gasteiger partial charge < -0.3 is 9.73 Å². The van der Waals surface area contributed by atoms with E-state index in [2.05, 4.69) is 10.3 Å². The Labute approximate surface area is 110 Å². The zero-order valence-corrected chi connectivity index (χ0v) is 10.8. The molecule has 0 saturated carbocycles. The van der Waals surface area contributed by atoms with Gasteiger partial charge in [0, 0.05) is 18.1 Å².